The van der Waals surface area contributed by atoms with E-state index in [1.54, 1.807) is 7.05 Å². The van der Waals surface area contributed by atoms with Crippen molar-refractivity contribution in [2.24, 2.45) is 4.99 Å². The Morgan fingerprint density at radius 1 is 1.05 bits per heavy atom. The van der Waals surface area contributed by atoms with E-state index >= 15 is 0 Å². The van der Waals surface area contributed by atoms with Crippen LogP contribution in [0.3, 0.4) is 0 Å². The second-order valence-electron chi connectivity index (χ2n) is 5.04. The van der Waals surface area contributed by atoms with E-state index in [0.717, 1.165) is 27.9 Å². The van der Waals surface area contributed by atoms with Crippen LogP contribution in [0, 0.1) is 0 Å². The van der Waals surface area contributed by atoms with Crippen molar-refractivity contribution in [2.45, 2.75) is 34.6 Å². The molecule has 0 atom stereocenters. The second kappa shape index (κ2) is 9.08. The molecule has 0 heterocycles. The molecule has 0 N–H and O–H groups in total. The van der Waals surface area contributed by atoms with Crippen molar-refractivity contribution < 1.29 is 0 Å². The minimum absolute atomic E-state index is 0.990. The topological polar surface area (TPSA) is 12.4 Å². The van der Waals surface area contributed by atoms with Crippen LogP contribution in [0.15, 0.2) is 75.9 Å². The van der Waals surface area contributed by atoms with Gasteiger partial charge in [0.05, 0.1) is 0 Å². The molecular formula is C19H27N. The molecule has 0 radical (unpaired) electrons. The monoisotopic (exact) mass is 269 g/mol. The summed E-state index contributed by atoms with van der Waals surface area (Å²) >= 11 is 0. The Balaban J connectivity index is 5.73. The summed E-state index contributed by atoms with van der Waals surface area (Å²) in [4.78, 5) is 4.14. The first-order valence-electron chi connectivity index (χ1n) is 6.81. The molecule has 0 aromatic carbocycles. The van der Waals surface area contributed by atoms with E-state index < -0.39 is 0 Å². The SMILES string of the molecule is C=C(C)/C(=C/C(=C)/C(C)=C/C=C\C)C(/C=N\C)=C(C)C. The van der Waals surface area contributed by atoms with Gasteiger partial charge in [0.1, 0.15) is 0 Å². The first kappa shape index (κ1) is 18.1. The van der Waals surface area contributed by atoms with Crippen molar-refractivity contribution in [3.8, 4) is 0 Å². The zero-order valence-corrected chi connectivity index (χ0v) is 13.7. The molecule has 0 fully saturated rings. The number of hydrogen-bond acceptors (Lipinski definition) is 1. The van der Waals surface area contributed by atoms with Crippen molar-refractivity contribution in [3.05, 3.63) is 70.9 Å². The smallest absolute Gasteiger partial charge is 0.0286 e. The zero-order chi connectivity index (χ0) is 15.7. The number of rotatable bonds is 6. The minimum atomic E-state index is 0.990. The average Bonchev–Trinajstić information content (AvgIpc) is 2.38. The van der Waals surface area contributed by atoms with Crippen LogP contribution in [-0.2, 0) is 0 Å². The molecule has 1 heteroatoms. The molecule has 0 amide bonds. The summed E-state index contributed by atoms with van der Waals surface area (Å²) in [6, 6.07) is 0. The van der Waals surface area contributed by atoms with Crippen LogP contribution in [0.1, 0.15) is 34.6 Å². The zero-order valence-electron chi connectivity index (χ0n) is 13.7. The van der Waals surface area contributed by atoms with Crippen molar-refractivity contribution in [1.29, 1.82) is 0 Å². The lowest BCUT2D eigenvalue weighted by atomic mass is 9.93. The number of nitrogens with zero attached hydrogens (tertiary/aromatic N) is 1. The van der Waals surface area contributed by atoms with Crippen LogP contribution in [0.25, 0.3) is 0 Å². The maximum Gasteiger partial charge on any atom is 0.0286 e. The van der Waals surface area contributed by atoms with E-state index in [-0.39, 0.29) is 0 Å². The molecule has 0 aliphatic rings. The molecule has 0 saturated heterocycles. The van der Waals surface area contributed by atoms with Gasteiger partial charge in [0.15, 0.2) is 0 Å². The summed E-state index contributed by atoms with van der Waals surface area (Å²) in [6.45, 7) is 18.5. The largest absolute Gasteiger partial charge is 0.296 e. The molecule has 0 aromatic rings. The Kier molecular flexibility index (Phi) is 8.23. The van der Waals surface area contributed by atoms with Crippen molar-refractivity contribution in [1.82, 2.24) is 0 Å². The maximum atomic E-state index is 4.14. The van der Waals surface area contributed by atoms with Crippen molar-refractivity contribution in [3.63, 3.8) is 0 Å². The lowest BCUT2D eigenvalue weighted by Crippen LogP contribution is -1.97. The highest BCUT2D eigenvalue weighted by Gasteiger charge is 2.07. The van der Waals surface area contributed by atoms with Gasteiger partial charge in [0.2, 0.25) is 0 Å². The van der Waals surface area contributed by atoms with Crippen LogP contribution in [-0.4, -0.2) is 13.3 Å². The van der Waals surface area contributed by atoms with E-state index in [1.807, 2.05) is 32.2 Å². The Morgan fingerprint density at radius 3 is 2.05 bits per heavy atom. The summed E-state index contributed by atoms with van der Waals surface area (Å²) in [5.74, 6) is 0. The highest BCUT2D eigenvalue weighted by Crippen LogP contribution is 2.23. The van der Waals surface area contributed by atoms with Gasteiger partial charge < -0.3 is 0 Å². The summed E-state index contributed by atoms with van der Waals surface area (Å²) in [6.07, 6.45) is 10.1. The number of aliphatic imine (C=N–C) groups is 1. The molecule has 0 aliphatic carbocycles. The third-order valence-electron chi connectivity index (χ3n) is 2.91. The number of hydrogen-bond donors (Lipinski definition) is 0. The molecule has 0 rings (SSSR count). The molecule has 0 spiro atoms. The molecule has 0 bridgehead atoms. The summed E-state index contributed by atoms with van der Waals surface area (Å²) in [7, 11) is 1.78. The lowest BCUT2D eigenvalue weighted by Gasteiger charge is -2.12. The molecule has 1 nitrogen and oxygen atoms in total. The molecule has 20 heavy (non-hydrogen) atoms. The highest BCUT2D eigenvalue weighted by molar-refractivity contribution is 5.88. The maximum absolute atomic E-state index is 4.14. The van der Waals surface area contributed by atoms with Crippen molar-refractivity contribution >= 4 is 6.21 Å². The average molecular weight is 269 g/mol. The Morgan fingerprint density at radius 2 is 1.65 bits per heavy atom. The quantitative estimate of drug-likeness (QED) is 0.439. The Hall–Kier alpha value is -1.89. The first-order chi connectivity index (χ1) is 9.34. The van der Waals surface area contributed by atoms with Gasteiger partial charge in [-0.1, -0.05) is 42.5 Å². The van der Waals surface area contributed by atoms with Gasteiger partial charge in [-0.3, -0.25) is 4.99 Å². The predicted molar refractivity (Wildman–Crippen MR) is 93.4 cm³/mol. The van der Waals surface area contributed by atoms with Gasteiger partial charge >= 0.3 is 0 Å². The Bertz CT molecular complexity index is 516. The van der Waals surface area contributed by atoms with Crippen LogP contribution < -0.4 is 0 Å². The Labute approximate surface area is 124 Å². The minimum Gasteiger partial charge on any atom is -0.296 e. The van der Waals surface area contributed by atoms with Gasteiger partial charge in [0, 0.05) is 13.3 Å². The third kappa shape index (κ3) is 5.83. The van der Waals surface area contributed by atoms with Gasteiger partial charge in [-0.2, -0.15) is 0 Å². The van der Waals surface area contributed by atoms with Gasteiger partial charge in [-0.05, 0) is 63.0 Å². The van der Waals surface area contributed by atoms with E-state index in [9.17, 15) is 0 Å². The standard InChI is InChI=1S/C19H27N/c1-9-10-11-16(6)17(7)12-18(14(2)3)19(13-20-8)15(4)5/h9-13H,2,7H2,1,3-6,8H3/b10-9-,16-11+,18-12-,20-13-. The molecule has 0 aromatic heterocycles. The van der Waals surface area contributed by atoms with Gasteiger partial charge in [-0.15, -0.1) is 0 Å². The molecule has 108 valence electrons. The summed E-state index contributed by atoms with van der Waals surface area (Å²) in [5, 5.41) is 0. The fourth-order valence-electron chi connectivity index (χ4n) is 1.66. The summed E-state index contributed by atoms with van der Waals surface area (Å²) in [5.41, 5.74) is 6.57. The fraction of sp³-hybridized carbons (Fsp3) is 0.316. The van der Waals surface area contributed by atoms with Crippen LogP contribution in [0.5, 0.6) is 0 Å². The first-order valence-corrected chi connectivity index (χ1v) is 6.81. The van der Waals surface area contributed by atoms with Gasteiger partial charge in [0.25, 0.3) is 0 Å². The molecule has 0 saturated carbocycles. The third-order valence-corrected chi connectivity index (χ3v) is 2.91. The van der Waals surface area contributed by atoms with Gasteiger partial charge in [-0.25, -0.2) is 0 Å². The predicted octanol–water partition coefficient (Wildman–Crippen LogP) is 5.60. The molecular weight excluding hydrogens is 242 g/mol. The van der Waals surface area contributed by atoms with Crippen LogP contribution in [0.4, 0.5) is 0 Å². The fourth-order valence-corrected chi connectivity index (χ4v) is 1.66. The molecule has 0 aliphatic heterocycles. The van der Waals surface area contributed by atoms with E-state index in [0.29, 0.717) is 0 Å². The van der Waals surface area contributed by atoms with E-state index in [4.69, 9.17) is 0 Å². The number of allylic oxidation sites excluding steroid dienone is 10. The normalized spacial score (nSPS) is 13.1. The second-order valence-corrected chi connectivity index (χ2v) is 5.04. The highest BCUT2D eigenvalue weighted by atomic mass is 14.6. The van der Waals surface area contributed by atoms with E-state index in [2.05, 4.69) is 51.1 Å². The summed E-state index contributed by atoms with van der Waals surface area (Å²) < 4.78 is 0. The molecule has 0 unspecified atom stereocenters. The lowest BCUT2D eigenvalue weighted by molar-refractivity contribution is 1.29. The van der Waals surface area contributed by atoms with E-state index in [1.165, 1.54) is 5.57 Å². The van der Waals surface area contributed by atoms with Crippen LogP contribution >= 0.6 is 0 Å². The van der Waals surface area contributed by atoms with Crippen LogP contribution in [0.2, 0.25) is 0 Å². The van der Waals surface area contributed by atoms with Crippen molar-refractivity contribution in [2.75, 3.05) is 7.05 Å².